The number of carbonyl (C=O) groups is 2. The van der Waals surface area contributed by atoms with Crippen molar-refractivity contribution in [2.75, 3.05) is 50.6 Å². The number of aryl methyl sites for hydroxylation is 1. The van der Waals surface area contributed by atoms with Crippen LogP contribution in [0.25, 0.3) is 0 Å². The Kier molecular flexibility index (Phi) is 9.31. The molecular formula is C28H41N7O5. The number of benzene rings is 1. The van der Waals surface area contributed by atoms with E-state index in [0.29, 0.717) is 62.2 Å². The van der Waals surface area contributed by atoms with Crippen LogP contribution in [-0.2, 0) is 15.9 Å². The minimum atomic E-state index is -0.674. The number of ether oxygens (including phenoxy) is 3. The Labute approximate surface area is 235 Å². The first-order chi connectivity index (χ1) is 19.1. The molecular weight excluding hydrogens is 514 g/mol. The van der Waals surface area contributed by atoms with Crippen molar-refractivity contribution in [3.8, 4) is 5.75 Å². The molecule has 2 aliphatic heterocycles. The number of nitrogens with zero attached hydrogens (tertiary/aromatic N) is 3. The molecule has 2 saturated heterocycles. The first-order valence-electron chi connectivity index (χ1n) is 13.8. The van der Waals surface area contributed by atoms with Gasteiger partial charge in [-0.15, -0.1) is 0 Å². The van der Waals surface area contributed by atoms with Crippen molar-refractivity contribution in [2.45, 2.75) is 64.6 Å². The molecule has 0 spiro atoms. The lowest BCUT2D eigenvalue weighted by atomic mass is 10.0. The molecule has 1 aromatic heterocycles. The van der Waals surface area contributed by atoms with Crippen LogP contribution in [-0.4, -0.2) is 78.5 Å². The number of anilines is 3. The van der Waals surface area contributed by atoms with Crippen LogP contribution in [0.1, 0.15) is 68.3 Å². The van der Waals surface area contributed by atoms with Gasteiger partial charge in [0.05, 0.1) is 18.8 Å². The lowest BCUT2D eigenvalue weighted by molar-refractivity contribution is 0.0116. The Balaban J connectivity index is 1.63. The maximum Gasteiger partial charge on any atom is 0.410 e. The van der Waals surface area contributed by atoms with Gasteiger partial charge in [0.2, 0.25) is 0 Å². The van der Waals surface area contributed by atoms with Crippen molar-refractivity contribution in [1.82, 2.24) is 20.2 Å². The summed E-state index contributed by atoms with van der Waals surface area (Å²) < 4.78 is 16.9. The molecule has 12 heteroatoms. The third-order valence-electron chi connectivity index (χ3n) is 6.83. The molecule has 5 N–H and O–H groups in total. The number of piperazine rings is 1. The molecule has 2 aliphatic rings. The first-order valence-corrected chi connectivity index (χ1v) is 13.8. The molecule has 3 heterocycles. The molecule has 0 bridgehead atoms. The number of aromatic nitrogens is 2. The fourth-order valence-corrected chi connectivity index (χ4v) is 4.85. The first kappa shape index (κ1) is 29.3. The maximum absolute atomic E-state index is 13.0. The topological polar surface area (TPSA) is 153 Å². The second-order valence-corrected chi connectivity index (χ2v) is 10.9. The molecule has 2 aromatic rings. The molecule has 218 valence electrons. The molecule has 0 saturated carbocycles. The van der Waals surface area contributed by atoms with Gasteiger partial charge in [0.15, 0.2) is 17.3 Å². The Bertz CT molecular complexity index is 1210. The second kappa shape index (κ2) is 12.7. The zero-order valence-corrected chi connectivity index (χ0v) is 24.0. The summed E-state index contributed by atoms with van der Waals surface area (Å²) in [5.74, 6) is 0.773. The summed E-state index contributed by atoms with van der Waals surface area (Å²) in [7, 11) is 1.58. The van der Waals surface area contributed by atoms with Crippen molar-refractivity contribution in [1.29, 1.82) is 0 Å². The molecule has 1 unspecified atom stereocenters. The molecule has 12 nitrogen and oxygen atoms in total. The van der Waals surface area contributed by atoms with Crippen LogP contribution in [0.2, 0.25) is 0 Å². The molecule has 40 heavy (non-hydrogen) atoms. The number of amides is 2. The van der Waals surface area contributed by atoms with E-state index in [1.807, 2.05) is 45.9 Å². The van der Waals surface area contributed by atoms with Gasteiger partial charge in [-0.1, -0.05) is 13.0 Å². The number of nitrogens with one attached hydrogen (secondary N) is 3. The number of nitrogens with two attached hydrogens (primary N) is 1. The van der Waals surface area contributed by atoms with Crippen LogP contribution in [0.5, 0.6) is 5.75 Å². The highest BCUT2D eigenvalue weighted by Gasteiger charge is 2.33. The fourth-order valence-electron chi connectivity index (χ4n) is 4.85. The predicted molar refractivity (Wildman–Crippen MR) is 152 cm³/mol. The summed E-state index contributed by atoms with van der Waals surface area (Å²) >= 11 is 0. The van der Waals surface area contributed by atoms with Crippen molar-refractivity contribution in [3.63, 3.8) is 0 Å². The zero-order chi connectivity index (χ0) is 28.9. The van der Waals surface area contributed by atoms with Gasteiger partial charge < -0.3 is 35.9 Å². The van der Waals surface area contributed by atoms with Crippen LogP contribution in [0.3, 0.4) is 0 Å². The average molecular weight is 556 g/mol. The van der Waals surface area contributed by atoms with Gasteiger partial charge in [-0.3, -0.25) is 9.69 Å². The van der Waals surface area contributed by atoms with E-state index < -0.39 is 11.5 Å². The van der Waals surface area contributed by atoms with Gasteiger partial charge in [-0.05, 0) is 46.1 Å². The van der Waals surface area contributed by atoms with Gasteiger partial charge in [0.25, 0.3) is 5.91 Å². The Hall–Kier alpha value is -3.64. The number of primary amides is 1. The fraction of sp³-hybridized carbons (Fsp3) is 0.571. The minimum Gasteiger partial charge on any atom is -0.496 e. The Morgan fingerprint density at radius 2 is 1.95 bits per heavy atom. The summed E-state index contributed by atoms with van der Waals surface area (Å²) in [5.41, 5.74) is 7.28. The van der Waals surface area contributed by atoms with Crippen molar-refractivity contribution >= 4 is 29.3 Å². The summed E-state index contributed by atoms with van der Waals surface area (Å²) in [6.45, 7) is 10.6. The van der Waals surface area contributed by atoms with E-state index in [1.165, 1.54) is 0 Å². The molecule has 1 aromatic carbocycles. The summed E-state index contributed by atoms with van der Waals surface area (Å²) in [5, 5.41) is 10.0. The molecule has 4 rings (SSSR count). The largest absolute Gasteiger partial charge is 0.496 e. The van der Waals surface area contributed by atoms with Crippen molar-refractivity contribution < 1.29 is 23.8 Å². The van der Waals surface area contributed by atoms with Crippen LogP contribution < -0.4 is 26.4 Å². The molecule has 2 amide bonds. The Morgan fingerprint density at radius 3 is 2.60 bits per heavy atom. The number of methoxy groups -OCH3 is 1. The highest BCUT2D eigenvalue weighted by Crippen LogP contribution is 2.35. The van der Waals surface area contributed by atoms with Crippen LogP contribution in [0.4, 0.5) is 22.1 Å². The van der Waals surface area contributed by atoms with Crippen LogP contribution in [0.15, 0.2) is 18.2 Å². The van der Waals surface area contributed by atoms with Gasteiger partial charge in [-0.25, -0.2) is 14.8 Å². The third-order valence-corrected chi connectivity index (χ3v) is 6.83. The second-order valence-electron chi connectivity index (χ2n) is 10.9. The molecule has 0 aliphatic carbocycles. The maximum atomic E-state index is 13.0. The summed E-state index contributed by atoms with van der Waals surface area (Å²) in [6, 6.07) is 5.48. The molecule has 2 fully saturated rings. The molecule has 0 radical (unpaired) electrons. The summed E-state index contributed by atoms with van der Waals surface area (Å²) in [6.07, 6.45) is 1.94. The van der Waals surface area contributed by atoms with E-state index in [2.05, 4.69) is 20.9 Å². The lowest BCUT2D eigenvalue weighted by Gasteiger charge is -2.37. The highest BCUT2D eigenvalue weighted by molar-refractivity contribution is 5.96. The van der Waals surface area contributed by atoms with Gasteiger partial charge in [0.1, 0.15) is 11.4 Å². The standard InChI is InChI=1S/C28H41N7O5/c1-6-20-25(31-17-9-13-39-14-10-17)34-26(23(33-20)24(29)36)32-18-7-8-19(22(15-18)38-5)21-16-30-11-12-35(21)27(37)40-28(2,3)4/h7-8,15,17,21,30H,6,9-14,16H2,1-5H3,(H2,29,36)(H2,31,32,34). The monoisotopic (exact) mass is 555 g/mol. The van der Waals surface area contributed by atoms with Gasteiger partial charge in [-0.2, -0.15) is 0 Å². The minimum absolute atomic E-state index is 0.0602. The van der Waals surface area contributed by atoms with E-state index in [0.717, 1.165) is 18.4 Å². The number of carbonyl (C=O) groups excluding carboxylic acids is 2. The number of hydrogen-bond donors (Lipinski definition) is 4. The zero-order valence-electron chi connectivity index (χ0n) is 24.0. The lowest BCUT2D eigenvalue weighted by Crippen LogP contribution is -2.50. The van der Waals surface area contributed by atoms with E-state index in [-0.39, 0.29) is 29.7 Å². The summed E-state index contributed by atoms with van der Waals surface area (Å²) in [4.78, 5) is 36.3. The van der Waals surface area contributed by atoms with Gasteiger partial charge >= 0.3 is 6.09 Å². The van der Waals surface area contributed by atoms with Gasteiger partial charge in [0, 0.05) is 56.2 Å². The van der Waals surface area contributed by atoms with E-state index in [4.69, 9.17) is 24.9 Å². The highest BCUT2D eigenvalue weighted by atomic mass is 16.6. The van der Waals surface area contributed by atoms with E-state index in [1.54, 1.807) is 12.0 Å². The third kappa shape index (κ3) is 7.11. The predicted octanol–water partition coefficient (Wildman–Crippen LogP) is 3.36. The van der Waals surface area contributed by atoms with Crippen molar-refractivity contribution in [3.05, 3.63) is 35.2 Å². The Morgan fingerprint density at radius 1 is 1.20 bits per heavy atom. The van der Waals surface area contributed by atoms with Crippen molar-refractivity contribution in [2.24, 2.45) is 5.73 Å². The van der Waals surface area contributed by atoms with Crippen LogP contribution in [0, 0.1) is 0 Å². The van der Waals surface area contributed by atoms with E-state index in [9.17, 15) is 9.59 Å². The average Bonchev–Trinajstić information content (AvgIpc) is 2.92. The number of hydrogen-bond acceptors (Lipinski definition) is 10. The quantitative estimate of drug-likeness (QED) is 0.381. The SMILES string of the molecule is CCc1nc(C(N)=O)c(Nc2ccc(C3CNCCN3C(=O)OC(C)(C)C)c(OC)c2)nc1NC1CCOCC1. The number of rotatable bonds is 8. The smallest absolute Gasteiger partial charge is 0.410 e. The molecule has 1 atom stereocenters. The van der Waals surface area contributed by atoms with E-state index >= 15 is 0 Å². The van der Waals surface area contributed by atoms with Crippen LogP contribution >= 0.6 is 0 Å². The normalized spacial score (nSPS) is 18.2.